The molecule has 9 heteroatoms. The number of benzene rings is 2. The molecule has 0 saturated carbocycles. The number of nitrogens with zero attached hydrogens (tertiary/aromatic N) is 1. The van der Waals surface area contributed by atoms with E-state index in [2.05, 4.69) is 0 Å². The molecule has 0 unspecified atom stereocenters. The summed E-state index contributed by atoms with van der Waals surface area (Å²) in [5, 5.41) is 21.9. The summed E-state index contributed by atoms with van der Waals surface area (Å²) in [4.78, 5) is 16.0. The van der Waals surface area contributed by atoms with Crippen LogP contribution in [0.4, 0.5) is 0 Å². The molecule has 1 amide bonds. The topological polar surface area (TPSA) is 107 Å². The molecule has 2 aliphatic heterocycles. The van der Waals surface area contributed by atoms with Crippen molar-refractivity contribution in [3.63, 3.8) is 0 Å². The Kier molecular flexibility index (Phi) is 6.85. The molecule has 2 heterocycles. The Labute approximate surface area is 210 Å². The lowest BCUT2D eigenvalue weighted by Crippen LogP contribution is -2.48. The first-order valence-electron chi connectivity index (χ1n) is 12.3. The van der Waals surface area contributed by atoms with Gasteiger partial charge in [-0.05, 0) is 60.2 Å². The fourth-order valence-corrected chi connectivity index (χ4v) is 5.90. The standard InChI is InChI=1S/C27H33NO8/c1-32-21-9-15(10-22(33-2)26(21)34-3)23-16-11-19-20(36-14-35-19)12-17(16)25(30)18(13-29)24(23)27(31)28-7-5-4-6-8-28/h9-12,18,23-25,29-30H,4-8,13-14H2,1-3H3/t18-,23+,24-,25-/m0/s1. The maximum atomic E-state index is 14.1. The number of methoxy groups -OCH3 is 3. The third-order valence-corrected chi connectivity index (χ3v) is 7.67. The van der Waals surface area contributed by atoms with Crippen LogP contribution in [0.25, 0.3) is 0 Å². The van der Waals surface area contributed by atoms with E-state index >= 15 is 0 Å². The highest BCUT2D eigenvalue weighted by atomic mass is 16.7. The number of hydrogen-bond donors (Lipinski definition) is 2. The molecule has 0 bridgehead atoms. The number of aliphatic hydroxyl groups excluding tert-OH is 2. The first kappa shape index (κ1) is 24.5. The molecule has 1 fully saturated rings. The molecule has 1 saturated heterocycles. The zero-order valence-electron chi connectivity index (χ0n) is 20.9. The molecule has 9 nitrogen and oxygen atoms in total. The second-order valence-electron chi connectivity index (χ2n) is 9.47. The zero-order chi connectivity index (χ0) is 25.4. The van der Waals surface area contributed by atoms with Crippen molar-refractivity contribution in [2.75, 3.05) is 47.8 Å². The molecule has 0 radical (unpaired) electrons. The predicted octanol–water partition coefficient (Wildman–Crippen LogP) is 2.86. The van der Waals surface area contributed by atoms with Crippen LogP contribution in [0.15, 0.2) is 24.3 Å². The smallest absolute Gasteiger partial charge is 0.231 e. The van der Waals surface area contributed by atoms with E-state index in [9.17, 15) is 15.0 Å². The number of amides is 1. The number of hydrogen-bond acceptors (Lipinski definition) is 8. The van der Waals surface area contributed by atoms with E-state index < -0.39 is 23.9 Å². The van der Waals surface area contributed by atoms with Crippen LogP contribution in [0, 0.1) is 11.8 Å². The van der Waals surface area contributed by atoms with Gasteiger partial charge in [0.05, 0.1) is 33.4 Å². The van der Waals surface area contributed by atoms with Gasteiger partial charge in [0.2, 0.25) is 18.4 Å². The number of ether oxygens (including phenoxy) is 5. The van der Waals surface area contributed by atoms with Gasteiger partial charge in [-0.2, -0.15) is 0 Å². The molecule has 0 aromatic heterocycles. The minimum absolute atomic E-state index is 0.0742. The summed E-state index contributed by atoms with van der Waals surface area (Å²) in [6.07, 6.45) is 1.92. The quantitative estimate of drug-likeness (QED) is 0.625. The van der Waals surface area contributed by atoms with Crippen molar-refractivity contribution in [1.82, 2.24) is 4.90 Å². The van der Waals surface area contributed by atoms with Gasteiger partial charge in [-0.25, -0.2) is 0 Å². The molecule has 2 aromatic carbocycles. The zero-order valence-corrected chi connectivity index (χ0v) is 20.9. The predicted molar refractivity (Wildman–Crippen MR) is 130 cm³/mol. The average Bonchev–Trinajstić information content (AvgIpc) is 3.38. The van der Waals surface area contributed by atoms with Gasteiger partial charge in [0.15, 0.2) is 23.0 Å². The van der Waals surface area contributed by atoms with Crippen LogP contribution in [0.5, 0.6) is 28.7 Å². The van der Waals surface area contributed by atoms with E-state index in [1.165, 1.54) is 7.11 Å². The van der Waals surface area contributed by atoms with Crippen LogP contribution < -0.4 is 23.7 Å². The van der Waals surface area contributed by atoms with Gasteiger partial charge >= 0.3 is 0 Å². The van der Waals surface area contributed by atoms with Crippen molar-refractivity contribution in [2.45, 2.75) is 31.3 Å². The van der Waals surface area contributed by atoms with Crippen LogP contribution in [0.2, 0.25) is 0 Å². The number of piperidine rings is 1. The van der Waals surface area contributed by atoms with Crippen molar-refractivity contribution in [3.8, 4) is 28.7 Å². The SMILES string of the molecule is COc1cc([C@@H]2c3cc4c(cc3[C@H](O)[C@@H](CO)[C@@H]2C(=O)N2CCCCC2)OCO4)cc(OC)c1OC. The van der Waals surface area contributed by atoms with Crippen LogP contribution in [0.1, 0.15) is 48.0 Å². The summed E-state index contributed by atoms with van der Waals surface area (Å²) >= 11 is 0. The molecule has 4 atom stereocenters. The minimum atomic E-state index is -1.04. The highest BCUT2D eigenvalue weighted by Gasteiger charge is 2.48. The van der Waals surface area contributed by atoms with E-state index in [4.69, 9.17) is 23.7 Å². The van der Waals surface area contributed by atoms with Gasteiger partial charge in [0.25, 0.3) is 0 Å². The van der Waals surface area contributed by atoms with E-state index in [-0.39, 0.29) is 19.3 Å². The van der Waals surface area contributed by atoms with Crippen molar-refractivity contribution in [1.29, 1.82) is 0 Å². The van der Waals surface area contributed by atoms with E-state index in [0.29, 0.717) is 47.4 Å². The normalized spacial score (nSPS) is 24.8. The van der Waals surface area contributed by atoms with Crippen molar-refractivity contribution in [2.24, 2.45) is 11.8 Å². The highest BCUT2D eigenvalue weighted by molar-refractivity contribution is 5.82. The molecule has 194 valence electrons. The summed E-state index contributed by atoms with van der Waals surface area (Å²) < 4.78 is 28.0. The average molecular weight is 500 g/mol. The summed E-state index contributed by atoms with van der Waals surface area (Å²) in [6, 6.07) is 7.28. The largest absolute Gasteiger partial charge is 0.493 e. The third kappa shape index (κ3) is 4.00. The molecule has 36 heavy (non-hydrogen) atoms. The highest BCUT2D eigenvalue weighted by Crippen LogP contribution is 2.54. The summed E-state index contributed by atoms with van der Waals surface area (Å²) in [5.74, 6) is 0.472. The molecule has 5 rings (SSSR count). The van der Waals surface area contributed by atoms with Crippen LogP contribution in [0.3, 0.4) is 0 Å². The lowest BCUT2D eigenvalue weighted by Gasteiger charge is -2.44. The van der Waals surface area contributed by atoms with Crippen molar-refractivity contribution in [3.05, 3.63) is 41.0 Å². The number of carbonyl (C=O) groups excluding carboxylic acids is 1. The van der Waals surface area contributed by atoms with Crippen LogP contribution >= 0.6 is 0 Å². The van der Waals surface area contributed by atoms with Crippen molar-refractivity contribution >= 4 is 5.91 Å². The second kappa shape index (κ2) is 10.1. The fourth-order valence-electron chi connectivity index (χ4n) is 5.90. The third-order valence-electron chi connectivity index (χ3n) is 7.67. The molecule has 2 aromatic rings. The minimum Gasteiger partial charge on any atom is -0.493 e. The molecule has 0 spiro atoms. The van der Waals surface area contributed by atoms with Gasteiger partial charge in [-0.1, -0.05) is 0 Å². The van der Waals surface area contributed by atoms with E-state index in [1.54, 1.807) is 20.3 Å². The Hall–Kier alpha value is -3.17. The first-order chi connectivity index (χ1) is 17.5. The maximum absolute atomic E-state index is 14.1. The Morgan fingerprint density at radius 1 is 0.944 bits per heavy atom. The summed E-state index contributed by atoms with van der Waals surface area (Å²) in [5.41, 5.74) is 2.12. The van der Waals surface area contributed by atoms with E-state index in [1.807, 2.05) is 23.1 Å². The lowest BCUT2D eigenvalue weighted by atomic mass is 9.64. The Bertz CT molecular complexity index is 1100. The second-order valence-corrected chi connectivity index (χ2v) is 9.47. The molecule has 3 aliphatic rings. The Morgan fingerprint density at radius 2 is 1.56 bits per heavy atom. The van der Waals surface area contributed by atoms with Crippen molar-refractivity contribution < 1.29 is 38.7 Å². The number of carbonyl (C=O) groups is 1. The molecule has 1 aliphatic carbocycles. The number of rotatable bonds is 6. The Balaban J connectivity index is 1.73. The number of aliphatic hydroxyl groups is 2. The molecular formula is C27H33NO8. The fraction of sp³-hybridized carbons (Fsp3) is 0.519. The Morgan fingerprint density at radius 3 is 2.11 bits per heavy atom. The number of fused-ring (bicyclic) bond motifs is 2. The van der Waals surface area contributed by atoms with Crippen LogP contribution in [-0.4, -0.2) is 68.8 Å². The van der Waals surface area contributed by atoms with E-state index in [0.717, 1.165) is 30.4 Å². The first-order valence-corrected chi connectivity index (χ1v) is 12.3. The summed E-state index contributed by atoms with van der Waals surface area (Å²) in [6.45, 7) is 1.07. The van der Waals surface area contributed by atoms with Gasteiger partial charge in [0.1, 0.15) is 0 Å². The van der Waals surface area contributed by atoms with Gasteiger partial charge < -0.3 is 38.8 Å². The maximum Gasteiger partial charge on any atom is 0.231 e. The van der Waals surface area contributed by atoms with Crippen LogP contribution in [-0.2, 0) is 4.79 Å². The molecular weight excluding hydrogens is 466 g/mol. The van der Waals surface area contributed by atoms with Gasteiger partial charge in [-0.15, -0.1) is 0 Å². The summed E-state index contributed by atoms with van der Waals surface area (Å²) in [7, 11) is 4.63. The lowest BCUT2D eigenvalue weighted by molar-refractivity contribution is -0.143. The van der Waals surface area contributed by atoms with Gasteiger partial charge in [-0.3, -0.25) is 4.79 Å². The monoisotopic (exact) mass is 499 g/mol. The number of likely N-dealkylation sites (tertiary alicyclic amines) is 1. The molecule has 2 N–H and O–H groups in total. The van der Waals surface area contributed by atoms with Gasteiger partial charge in [0, 0.05) is 31.5 Å².